The lowest BCUT2D eigenvalue weighted by Gasteiger charge is -2.17. The van der Waals surface area contributed by atoms with Gasteiger partial charge in [-0.05, 0) is 83.8 Å². The molecule has 0 spiro atoms. The van der Waals surface area contributed by atoms with Gasteiger partial charge < -0.3 is 10.6 Å². The zero-order valence-electron chi connectivity index (χ0n) is 22.7. The van der Waals surface area contributed by atoms with Crippen LogP contribution in [0.4, 0.5) is 11.5 Å². The molecule has 3 aromatic carbocycles. The summed E-state index contributed by atoms with van der Waals surface area (Å²) in [5.41, 5.74) is 5.47. The number of benzene rings is 3. The summed E-state index contributed by atoms with van der Waals surface area (Å²) < 4.78 is 29.2. The predicted octanol–water partition coefficient (Wildman–Crippen LogP) is 5.89. The van der Waals surface area contributed by atoms with Crippen molar-refractivity contribution in [2.75, 3.05) is 11.9 Å². The van der Waals surface area contributed by atoms with Crippen molar-refractivity contribution in [3.05, 3.63) is 119 Å². The lowest BCUT2D eigenvalue weighted by atomic mass is 10.0. The van der Waals surface area contributed by atoms with E-state index in [1.165, 1.54) is 0 Å². The number of aromatic nitrogens is 1. The normalized spacial score (nSPS) is 14.6. The molecule has 0 aliphatic heterocycles. The van der Waals surface area contributed by atoms with Crippen molar-refractivity contribution in [3.8, 4) is 0 Å². The average Bonchev–Trinajstić information content (AvgIpc) is 3.35. The highest BCUT2D eigenvalue weighted by atomic mass is 32.2. The van der Waals surface area contributed by atoms with E-state index in [1.807, 2.05) is 60.7 Å². The van der Waals surface area contributed by atoms with Crippen LogP contribution in [0.15, 0.2) is 96.0 Å². The van der Waals surface area contributed by atoms with E-state index >= 15 is 0 Å². The lowest BCUT2D eigenvalue weighted by Crippen LogP contribution is -2.27. The van der Waals surface area contributed by atoms with Gasteiger partial charge in [0.25, 0.3) is 5.91 Å². The van der Waals surface area contributed by atoms with Gasteiger partial charge in [-0.3, -0.25) is 4.79 Å². The van der Waals surface area contributed by atoms with Crippen molar-refractivity contribution in [2.24, 2.45) is 0 Å². The minimum atomic E-state index is -3.68. The molecule has 0 fully saturated rings. The first-order valence-electron chi connectivity index (χ1n) is 13.6. The van der Waals surface area contributed by atoms with Crippen LogP contribution < -0.4 is 15.4 Å². The van der Waals surface area contributed by atoms with E-state index in [0.29, 0.717) is 30.3 Å². The highest BCUT2D eigenvalue weighted by Gasteiger charge is 2.28. The summed E-state index contributed by atoms with van der Waals surface area (Å²) in [6.07, 6.45) is 3.84. The summed E-state index contributed by atoms with van der Waals surface area (Å²) in [6, 6.07) is 26.1. The topological polar surface area (TPSA) is 100 Å². The minimum Gasteiger partial charge on any atom is -0.352 e. The lowest BCUT2D eigenvalue weighted by molar-refractivity contribution is 0.0954. The van der Waals surface area contributed by atoms with Gasteiger partial charge in [-0.15, -0.1) is 0 Å². The van der Waals surface area contributed by atoms with E-state index < -0.39 is 10.0 Å². The second-order valence-electron chi connectivity index (χ2n) is 10.4. The number of fused-ring (bicyclic) bond motifs is 1. The maximum Gasteiger partial charge on any atom is 0.255 e. The molecule has 8 heteroatoms. The maximum absolute atomic E-state index is 13.2. The van der Waals surface area contributed by atoms with E-state index in [2.05, 4.69) is 34.2 Å². The van der Waals surface area contributed by atoms with Gasteiger partial charge in [-0.1, -0.05) is 62.4 Å². The van der Waals surface area contributed by atoms with Gasteiger partial charge in [0.1, 0.15) is 5.82 Å². The number of sulfonamides is 1. The first-order chi connectivity index (χ1) is 19.3. The van der Waals surface area contributed by atoms with Crippen LogP contribution in [0, 0.1) is 0 Å². The Bertz CT molecular complexity index is 1590. The SMILES string of the molecule is CC(C)c1ccc(S(=O)(=O)NC2CCc3ccc(Nc4ncccc4C(=O)NCCc4ccccc4)cc32)cc1. The van der Waals surface area contributed by atoms with Crippen LogP contribution in [0.5, 0.6) is 0 Å². The fraction of sp³-hybridized carbons (Fsp3) is 0.250. The fourth-order valence-corrected chi connectivity index (χ4v) is 6.22. The molecule has 0 saturated carbocycles. The Morgan fingerprint density at radius 3 is 2.50 bits per heavy atom. The Hall–Kier alpha value is -4.01. The largest absolute Gasteiger partial charge is 0.352 e. The van der Waals surface area contributed by atoms with E-state index in [-0.39, 0.29) is 16.8 Å². The number of pyridine rings is 1. The van der Waals surface area contributed by atoms with E-state index in [4.69, 9.17) is 0 Å². The van der Waals surface area contributed by atoms with Crippen LogP contribution in [0.25, 0.3) is 0 Å². The van der Waals surface area contributed by atoms with Crippen LogP contribution >= 0.6 is 0 Å². The second-order valence-corrected chi connectivity index (χ2v) is 12.1. The maximum atomic E-state index is 13.2. The molecule has 1 aliphatic carbocycles. The highest BCUT2D eigenvalue weighted by Crippen LogP contribution is 2.35. The quantitative estimate of drug-likeness (QED) is 0.227. The number of carbonyl (C=O) groups excluding carboxylic acids is 1. The third-order valence-corrected chi connectivity index (χ3v) is 8.72. The summed E-state index contributed by atoms with van der Waals surface area (Å²) in [6.45, 7) is 4.67. The molecule has 3 N–H and O–H groups in total. The molecule has 4 aromatic rings. The Labute approximate surface area is 236 Å². The third-order valence-electron chi connectivity index (χ3n) is 7.24. The number of carbonyl (C=O) groups is 1. The molecule has 1 unspecified atom stereocenters. The molecule has 0 radical (unpaired) electrons. The molecule has 7 nitrogen and oxygen atoms in total. The summed E-state index contributed by atoms with van der Waals surface area (Å²) >= 11 is 0. The Morgan fingerprint density at radius 2 is 1.75 bits per heavy atom. The first-order valence-corrected chi connectivity index (χ1v) is 15.1. The predicted molar refractivity (Wildman–Crippen MR) is 158 cm³/mol. The van der Waals surface area contributed by atoms with E-state index in [1.54, 1.807) is 30.5 Å². The van der Waals surface area contributed by atoms with Gasteiger partial charge in [0.2, 0.25) is 10.0 Å². The number of rotatable bonds is 10. The molecule has 0 bridgehead atoms. The molecule has 40 heavy (non-hydrogen) atoms. The van der Waals surface area contributed by atoms with Crippen LogP contribution in [0.1, 0.15) is 64.8 Å². The van der Waals surface area contributed by atoms with Crippen molar-refractivity contribution < 1.29 is 13.2 Å². The van der Waals surface area contributed by atoms with Crippen molar-refractivity contribution >= 4 is 27.4 Å². The van der Waals surface area contributed by atoms with Crippen LogP contribution in [0.2, 0.25) is 0 Å². The number of hydrogen-bond donors (Lipinski definition) is 3. The molecule has 1 atom stereocenters. The van der Waals surface area contributed by atoms with Gasteiger partial charge in [-0.2, -0.15) is 0 Å². The van der Waals surface area contributed by atoms with E-state index in [9.17, 15) is 13.2 Å². The summed E-state index contributed by atoms with van der Waals surface area (Å²) in [5.74, 6) is 0.569. The average molecular weight is 555 g/mol. The number of anilines is 2. The van der Waals surface area contributed by atoms with Gasteiger partial charge in [0, 0.05) is 24.5 Å². The van der Waals surface area contributed by atoms with Crippen molar-refractivity contribution in [2.45, 2.75) is 50.0 Å². The zero-order chi connectivity index (χ0) is 28.1. The number of nitrogens with zero attached hydrogens (tertiary/aromatic N) is 1. The molecule has 1 heterocycles. The second kappa shape index (κ2) is 12.0. The van der Waals surface area contributed by atoms with Crippen LogP contribution in [-0.4, -0.2) is 25.9 Å². The molecule has 206 valence electrons. The zero-order valence-corrected chi connectivity index (χ0v) is 23.5. The van der Waals surface area contributed by atoms with Crippen LogP contribution in [-0.2, 0) is 22.9 Å². The van der Waals surface area contributed by atoms with Crippen molar-refractivity contribution in [1.82, 2.24) is 15.0 Å². The van der Waals surface area contributed by atoms with Gasteiger partial charge in [0.15, 0.2) is 0 Å². The highest BCUT2D eigenvalue weighted by molar-refractivity contribution is 7.89. The molecule has 1 aliphatic rings. The Kier molecular flexibility index (Phi) is 8.28. The van der Waals surface area contributed by atoms with Gasteiger partial charge in [0.05, 0.1) is 10.5 Å². The number of nitrogens with one attached hydrogen (secondary N) is 3. The smallest absolute Gasteiger partial charge is 0.255 e. The van der Waals surface area contributed by atoms with E-state index in [0.717, 1.165) is 40.8 Å². The molecule has 5 rings (SSSR count). The molecule has 1 amide bonds. The van der Waals surface area contributed by atoms with Crippen molar-refractivity contribution in [3.63, 3.8) is 0 Å². The molecular formula is C32H34N4O3S. The number of amides is 1. The standard InChI is InChI=1S/C32H34N4O3S/c1-22(2)24-11-15-27(16-12-24)40(38,39)36-30-17-13-25-10-14-26(21-29(25)30)35-31-28(9-6-19-33-31)32(37)34-20-18-23-7-4-3-5-8-23/h3-12,14-16,19,21-22,30,36H,13,17-18,20H2,1-2H3,(H,33,35)(H,34,37). The molecular weight excluding hydrogens is 520 g/mol. The monoisotopic (exact) mass is 554 g/mol. The Balaban J connectivity index is 1.28. The van der Waals surface area contributed by atoms with Gasteiger partial charge in [-0.25, -0.2) is 18.1 Å². The summed E-state index contributed by atoms with van der Waals surface area (Å²) in [7, 11) is -3.68. The number of hydrogen-bond acceptors (Lipinski definition) is 5. The summed E-state index contributed by atoms with van der Waals surface area (Å²) in [4.78, 5) is 17.6. The first kappa shape index (κ1) is 27.6. The number of aryl methyl sites for hydroxylation is 1. The molecule has 1 aromatic heterocycles. The third kappa shape index (κ3) is 6.41. The minimum absolute atomic E-state index is 0.207. The van der Waals surface area contributed by atoms with Crippen LogP contribution in [0.3, 0.4) is 0 Å². The fourth-order valence-electron chi connectivity index (χ4n) is 4.97. The molecule has 0 saturated heterocycles. The van der Waals surface area contributed by atoms with Gasteiger partial charge >= 0.3 is 0 Å². The van der Waals surface area contributed by atoms with Crippen molar-refractivity contribution in [1.29, 1.82) is 0 Å². The Morgan fingerprint density at radius 1 is 0.975 bits per heavy atom. The summed E-state index contributed by atoms with van der Waals surface area (Å²) in [5, 5.41) is 6.25.